The molecule has 0 bridgehead atoms. The quantitative estimate of drug-likeness (QED) is 0.741. The van der Waals surface area contributed by atoms with Crippen molar-refractivity contribution in [1.29, 1.82) is 0 Å². The van der Waals surface area contributed by atoms with E-state index in [0.29, 0.717) is 23.4 Å². The molecule has 2 heterocycles. The van der Waals surface area contributed by atoms with Gasteiger partial charge in [-0.1, -0.05) is 6.92 Å². The SMILES string of the molecule is CCc1nccn1-c1nc(C(F)(F)F)nc2cc(OC)ccc12. The standard InChI is InChI=1S/C15H13F3N4O/c1-3-12-19-6-7-22(12)13-10-5-4-9(23-2)8-11(10)20-14(21-13)15(16,17)18/h4-8H,3H2,1-2H3. The maximum absolute atomic E-state index is 13.1. The number of halogens is 3. The minimum atomic E-state index is -4.64. The topological polar surface area (TPSA) is 52.8 Å². The third-order valence-electron chi connectivity index (χ3n) is 3.40. The number of benzene rings is 1. The fourth-order valence-corrected chi connectivity index (χ4v) is 2.32. The summed E-state index contributed by atoms with van der Waals surface area (Å²) in [6.45, 7) is 1.87. The number of fused-ring (bicyclic) bond motifs is 1. The van der Waals surface area contributed by atoms with Crippen LogP contribution in [0.15, 0.2) is 30.6 Å². The molecule has 0 unspecified atom stereocenters. The van der Waals surface area contributed by atoms with E-state index in [1.165, 1.54) is 19.4 Å². The Morgan fingerprint density at radius 2 is 2.00 bits per heavy atom. The van der Waals surface area contributed by atoms with E-state index in [4.69, 9.17) is 4.74 Å². The van der Waals surface area contributed by atoms with Gasteiger partial charge in [0.25, 0.3) is 0 Å². The van der Waals surface area contributed by atoms with Crippen LogP contribution in [0.4, 0.5) is 13.2 Å². The van der Waals surface area contributed by atoms with Gasteiger partial charge in [-0.25, -0.2) is 15.0 Å². The molecule has 5 nitrogen and oxygen atoms in total. The summed E-state index contributed by atoms with van der Waals surface area (Å²) in [4.78, 5) is 11.5. The zero-order valence-corrected chi connectivity index (χ0v) is 12.4. The van der Waals surface area contributed by atoms with Gasteiger partial charge in [-0.15, -0.1) is 0 Å². The van der Waals surface area contributed by atoms with Crippen LogP contribution in [0.3, 0.4) is 0 Å². The second-order valence-electron chi connectivity index (χ2n) is 4.82. The molecule has 1 aromatic carbocycles. The average molecular weight is 322 g/mol. The molecule has 3 rings (SSSR count). The summed E-state index contributed by atoms with van der Waals surface area (Å²) in [5.41, 5.74) is 0.164. The van der Waals surface area contributed by atoms with E-state index in [0.717, 1.165) is 0 Å². The van der Waals surface area contributed by atoms with Crippen LogP contribution in [0.1, 0.15) is 18.6 Å². The predicted molar refractivity (Wildman–Crippen MR) is 77.6 cm³/mol. The molecule has 0 saturated heterocycles. The van der Waals surface area contributed by atoms with Crippen LogP contribution in [0.5, 0.6) is 5.75 Å². The fraction of sp³-hybridized carbons (Fsp3) is 0.267. The number of imidazole rings is 1. The number of ether oxygens (including phenoxy) is 1. The maximum atomic E-state index is 13.1. The summed E-state index contributed by atoms with van der Waals surface area (Å²) in [6.07, 6.45) is -0.955. The van der Waals surface area contributed by atoms with Crippen LogP contribution in [-0.2, 0) is 12.6 Å². The first kappa shape index (κ1) is 15.3. The van der Waals surface area contributed by atoms with Crippen molar-refractivity contribution in [1.82, 2.24) is 19.5 Å². The maximum Gasteiger partial charge on any atom is 0.451 e. The Kier molecular flexibility index (Phi) is 3.67. The molecule has 0 N–H and O–H groups in total. The Hall–Kier alpha value is -2.64. The molecule has 0 aliphatic heterocycles. The van der Waals surface area contributed by atoms with Crippen molar-refractivity contribution in [2.45, 2.75) is 19.5 Å². The van der Waals surface area contributed by atoms with Crippen LogP contribution in [0.2, 0.25) is 0 Å². The van der Waals surface area contributed by atoms with Gasteiger partial charge in [-0.05, 0) is 12.1 Å². The smallest absolute Gasteiger partial charge is 0.451 e. The molecular weight excluding hydrogens is 309 g/mol. The Bertz CT molecular complexity index is 858. The molecule has 0 spiro atoms. The van der Waals surface area contributed by atoms with Crippen molar-refractivity contribution in [3.63, 3.8) is 0 Å². The lowest BCUT2D eigenvalue weighted by Crippen LogP contribution is -2.14. The van der Waals surface area contributed by atoms with Crippen LogP contribution in [0, 0.1) is 0 Å². The van der Waals surface area contributed by atoms with E-state index in [9.17, 15) is 13.2 Å². The molecule has 0 radical (unpaired) electrons. The highest BCUT2D eigenvalue weighted by Gasteiger charge is 2.36. The van der Waals surface area contributed by atoms with Crippen molar-refractivity contribution in [2.75, 3.05) is 7.11 Å². The van der Waals surface area contributed by atoms with Crippen molar-refractivity contribution < 1.29 is 17.9 Å². The van der Waals surface area contributed by atoms with Crippen LogP contribution in [0.25, 0.3) is 16.7 Å². The lowest BCUT2D eigenvalue weighted by Gasteiger charge is -2.13. The first-order valence-electron chi connectivity index (χ1n) is 6.89. The highest BCUT2D eigenvalue weighted by molar-refractivity contribution is 5.86. The van der Waals surface area contributed by atoms with Crippen LogP contribution in [-0.4, -0.2) is 26.6 Å². The van der Waals surface area contributed by atoms with Gasteiger partial charge in [0, 0.05) is 30.3 Å². The zero-order valence-electron chi connectivity index (χ0n) is 12.4. The van der Waals surface area contributed by atoms with E-state index in [1.807, 2.05) is 6.92 Å². The van der Waals surface area contributed by atoms with Gasteiger partial charge < -0.3 is 4.74 Å². The van der Waals surface area contributed by atoms with E-state index in [-0.39, 0.29) is 11.3 Å². The molecule has 0 aliphatic carbocycles. The van der Waals surface area contributed by atoms with Crippen molar-refractivity contribution >= 4 is 10.9 Å². The number of hydrogen-bond acceptors (Lipinski definition) is 4. The van der Waals surface area contributed by atoms with Crippen LogP contribution >= 0.6 is 0 Å². The molecule has 0 atom stereocenters. The molecular formula is C15H13F3N4O. The molecule has 0 saturated carbocycles. The van der Waals surface area contributed by atoms with E-state index in [1.54, 1.807) is 22.9 Å². The normalized spacial score (nSPS) is 11.9. The summed E-state index contributed by atoms with van der Waals surface area (Å²) < 4.78 is 46.0. The lowest BCUT2D eigenvalue weighted by atomic mass is 10.2. The fourth-order valence-electron chi connectivity index (χ4n) is 2.32. The van der Waals surface area contributed by atoms with Crippen molar-refractivity contribution in [2.24, 2.45) is 0 Å². The summed E-state index contributed by atoms with van der Waals surface area (Å²) in [7, 11) is 1.44. The van der Waals surface area contributed by atoms with Gasteiger partial charge in [0.05, 0.1) is 12.6 Å². The van der Waals surface area contributed by atoms with Crippen LogP contribution < -0.4 is 4.74 Å². The molecule has 0 amide bonds. The van der Waals surface area contributed by atoms with Gasteiger partial charge >= 0.3 is 6.18 Å². The Balaban J connectivity index is 2.34. The summed E-state index contributed by atoms with van der Waals surface area (Å²) in [5, 5.41) is 0.492. The largest absolute Gasteiger partial charge is 0.497 e. The minimum absolute atomic E-state index is 0.152. The Morgan fingerprint density at radius 1 is 1.22 bits per heavy atom. The van der Waals surface area contributed by atoms with Gasteiger partial charge in [-0.2, -0.15) is 13.2 Å². The number of methoxy groups -OCH3 is 1. The first-order chi connectivity index (χ1) is 10.9. The number of aromatic nitrogens is 4. The van der Waals surface area contributed by atoms with E-state index < -0.39 is 12.0 Å². The molecule has 8 heteroatoms. The highest BCUT2D eigenvalue weighted by atomic mass is 19.4. The van der Waals surface area contributed by atoms with Crippen molar-refractivity contribution in [3.05, 3.63) is 42.2 Å². The molecule has 23 heavy (non-hydrogen) atoms. The second kappa shape index (κ2) is 5.53. The molecule has 120 valence electrons. The zero-order chi connectivity index (χ0) is 16.6. The van der Waals surface area contributed by atoms with Gasteiger partial charge in [0.15, 0.2) is 0 Å². The lowest BCUT2D eigenvalue weighted by molar-refractivity contribution is -0.144. The molecule has 0 fully saturated rings. The van der Waals surface area contributed by atoms with E-state index >= 15 is 0 Å². The third kappa shape index (κ3) is 2.71. The number of nitrogens with zero attached hydrogens (tertiary/aromatic N) is 4. The predicted octanol–water partition coefficient (Wildman–Crippen LogP) is 3.41. The molecule has 3 aromatic rings. The Labute approximate surface area is 129 Å². The summed E-state index contributed by atoms with van der Waals surface area (Å²) >= 11 is 0. The number of aryl methyl sites for hydroxylation is 1. The number of rotatable bonds is 3. The number of alkyl halides is 3. The molecule has 0 aliphatic rings. The minimum Gasteiger partial charge on any atom is -0.497 e. The Morgan fingerprint density at radius 3 is 2.65 bits per heavy atom. The summed E-state index contributed by atoms with van der Waals surface area (Å²) in [6, 6.07) is 4.76. The number of hydrogen-bond donors (Lipinski definition) is 0. The highest BCUT2D eigenvalue weighted by Crippen LogP contribution is 2.31. The van der Waals surface area contributed by atoms with E-state index in [2.05, 4.69) is 15.0 Å². The molecule has 2 aromatic heterocycles. The average Bonchev–Trinajstić information content (AvgIpc) is 3.00. The van der Waals surface area contributed by atoms with Gasteiger partial charge in [0.2, 0.25) is 5.82 Å². The summed E-state index contributed by atoms with van der Waals surface area (Å²) in [5.74, 6) is 0.00824. The van der Waals surface area contributed by atoms with Gasteiger partial charge in [-0.3, -0.25) is 4.57 Å². The third-order valence-corrected chi connectivity index (χ3v) is 3.40. The van der Waals surface area contributed by atoms with Gasteiger partial charge in [0.1, 0.15) is 17.4 Å². The van der Waals surface area contributed by atoms with Crippen molar-refractivity contribution in [3.8, 4) is 11.6 Å². The second-order valence-corrected chi connectivity index (χ2v) is 4.82. The monoisotopic (exact) mass is 322 g/mol. The first-order valence-corrected chi connectivity index (χ1v) is 6.89.